The number of hydrogen-bond donors (Lipinski definition) is 1. The molecule has 6 nitrogen and oxygen atoms in total. The van der Waals surface area contributed by atoms with Crippen LogP contribution in [0.5, 0.6) is 11.5 Å². The van der Waals surface area contributed by atoms with Crippen molar-refractivity contribution in [3.63, 3.8) is 0 Å². The average Bonchev–Trinajstić information content (AvgIpc) is 2.36. The van der Waals surface area contributed by atoms with E-state index < -0.39 is 11.8 Å². The molecule has 0 aliphatic carbocycles. The van der Waals surface area contributed by atoms with Gasteiger partial charge in [-0.2, -0.15) is 0 Å². The summed E-state index contributed by atoms with van der Waals surface area (Å²) in [6, 6.07) is 3.34. The number of hydrogen-bond acceptors (Lipinski definition) is 4. The number of ether oxygens (including phenoxy) is 2. The maximum absolute atomic E-state index is 11.5. The number of carbonyl (C=O) groups is 2. The first-order valence-electron chi connectivity index (χ1n) is 5.22. The number of nitrogens with two attached hydrogens (primary N) is 1. The molecule has 1 aromatic carbocycles. The molecule has 0 fully saturated rings. The van der Waals surface area contributed by atoms with E-state index in [1.54, 1.807) is 19.1 Å². The quantitative estimate of drug-likeness (QED) is 0.792. The fourth-order valence-corrected chi connectivity index (χ4v) is 1.61. The van der Waals surface area contributed by atoms with Gasteiger partial charge >= 0.3 is 11.8 Å². The van der Waals surface area contributed by atoms with Crippen LogP contribution in [0, 0.1) is 6.92 Å². The van der Waals surface area contributed by atoms with Crippen molar-refractivity contribution in [2.24, 2.45) is 5.73 Å². The zero-order valence-corrected chi connectivity index (χ0v) is 10.8. The predicted molar refractivity (Wildman–Crippen MR) is 66.9 cm³/mol. The minimum Gasteiger partial charge on any atom is -0.493 e. The molecular formula is C12H16N2O4. The lowest BCUT2D eigenvalue weighted by Gasteiger charge is -2.20. The van der Waals surface area contributed by atoms with Crippen molar-refractivity contribution >= 4 is 17.5 Å². The number of amides is 2. The molecule has 0 saturated carbocycles. The van der Waals surface area contributed by atoms with Crippen LogP contribution in [-0.2, 0) is 9.59 Å². The number of benzene rings is 1. The van der Waals surface area contributed by atoms with Gasteiger partial charge in [-0.3, -0.25) is 9.59 Å². The summed E-state index contributed by atoms with van der Waals surface area (Å²) in [6.45, 7) is 1.79. The van der Waals surface area contributed by atoms with Crippen LogP contribution in [0.15, 0.2) is 12.1 Å². The molecule has 1 rings (SSSR count). The zero-order valence-electron chi connectivity index (χ0n) is 10.8. The number of nitrogens with zero attached hydrogens (tertiary/aromatic N) is 1. The molecule has 6 heteroatoms. The minimum atomic E-state index is -1.01. The third-order valence-corrected chi connectivity index (χ3v) is 2.58. The fraction of sp³-hybridized carbons (Fsp3) is 0.333. The monoisotopic (exact) mass is 252 g/mol. The number of methoxy groups -OCH3 is 2. The Kier molecular flexibility index (Phi) is 4.14. The molecule has 18 heavy (non-hydrogen) atoms. The molecule has 0 aliphatic heterocycles. The Morgan fingerprint density at radius 2 is 1.67 bits per heavy atom. The smallest absolute Gasteiger partial charge is 0.315 e. The first-order valence-corrected chi connectivity index (χ1v) is 5.22. The lowest BCUT2D eigenvalue weighted by molar-refractivity contribution is -0.135. The summed E-state index contributed by atoms with van der Waals surface area (Å²) in [6.07, 6.45) is 0. The van der Waals surface area contributed by atoms with Crippen molar-refractivity contribution in [1.29, 1.82) is 0 Å². The van der Waals surface area contributed by atoms with E-state index >= 15 is 0 Å². The molecule has 0 aliphatic rings. The molecule has 0 aromatic heterocycles. The largest absolute Gasteiger partial charge is 0.493 e. The van der Waals surface area contributed by atoms with E-state index in [4.69, 9.17) is 15.2 Å². The molecule has 0 saturated heterocycles. The predicted octanol–water partition coefficient (Wildman–Crippen LogP) is 0.460. The van der Waals surface area contributed by atoms with Crippen LogP contribution in [0.2, 0.25) is 0 Å². The number of primary amides is 1. The Morgan fingerprint density at radius 3 is 2.11 bits per heavy atom. The van der Waals surface area contributed by atoms with Crippen molar-refractivity contribution < 1.29 is 19.1 Å². The summed E-state index contributed by atoms with van der Waals surface area (Å²) < 4.78 is 10.3. The van der Waals surface area contributed by atoms with Crippen LogP contribution < -0.4 is 20.1 Å². The molecule has 0 bridgehead atoms. The van der Waals surface area contributed by atoms with Gasteiger partial charge in [-0.1, -0.05) is 0 Å². The van der Waals surface area contributed by atoms with Gasteiger partial charge in [0.25, 0.3) is 0 Å². The van der Waals surface area contributed by atoms with Gasteiger partial charge in [0, 0.05) is 13.1 Å². The lowest BCUT2D eigenvalue weighted by atomic mass is 10.1. The molecule has 0 radical (unpaired) electrons. The number of likely N-dealkylation sites (N-methyl/N-ethyl adjacent to an activating group) is 1. The summed E-state index contributed by atoms with van der Waals surface area (Å²) in [7, 11) is 4.49. The highest BCUT2D eigenvalue weighted by Gasteiger charge is 2.20. The second-order valence-electron chi connectivity index (χ2n) is 3.72. The summed E-state index contributed by atoms with van der Waals surface area (Å²) in [5.41, 5.74) is 6.27. The molecule has 2 N–H and O–H groups in total. The van der Waals surface area contributed by atoms with Gasteiger partial charge < -0.3 is 20.1 Å². The minimum absolute atomic E-state index is 0.474. The molecule has 0 heterocycles. The molecule has 0 spiro atoms. The summed E-state index contributed by atoms with van der Waals surface area (Å²) in [5.74, 6) is -0.766. The highest BCUT2D eigenvalue weighted by molar-refractivity contribution is 6.39. The van der Waals surface area contributed by atoms with E-state index in [9.17, 15) is 9.59 Å². The zero-order chi connectivity index (χ0) is 13.9. The third-order valence-electron chi connectivity index (χ3n) is 2.58. The lowest BCUT2D eigenvalue weighted by Crippen LogP contribution is -2.38. The van der Waals surface area contributed by atoms with Gasteiger partial charge in [-0.25, -0.2) is 0 Å². The van der Waals surface area contributed by atoms with Gasteiger partial charge in [-0.15, -0.1) is 0 Å². The number of anilines is 1. The van der Waals surface area contributed by atoms with Gasteiger partial charge in [-0.05, 0) is 18.6 Å². The fourth-order valence-electron chi connectivity index (χ4n) is 1.61. The summed E-state index contributed by atoms with van der Waals surface area (Å²) >= 11 is 0. The van der Waals surface area contributed by atoms with Crippen LogP contribution in [0.3, 0.4) is 0 Å². The number of rotatable bonds is 3. The topological polar surface area (TPSA) is 81.9 Å². The highest BCUT2D eigenvalue weighted by Crippen LogP contribution is 2.34. The Labute approximate surface area is 105 Å². The summed E-state index contributed by atoms with van der Waals surface area (Å²) in [5, 5.41) is 0. The molecule has 2 amide bonds. The SMILES string of the molecule is COc1cc(C)c(N(C)C(=O)C(N)=O)cc1OC. The van der Waals surface area contributed by atoms with E-state index in [1.807, 2.05) is 0 Å². The van der Waals surface area contributed by atoms with E-state index in [2.05, 4.69) is 0 Å². The van der Waals surface area contributed by atoms with Crippen molar-refractivity contribution in [3.05, 3.63) is 17.7 Å². The highest BCUT2D eigenvalue weighted by atomic mass is 16.5. The first-order chi connectivity index (χ1) is 8.42. The maximum Gasteiger partial charge on any atom is 0.315 e. The van der Waals surface area contributed by atoms with Gasteiger partial charge in [0.15, 0.2) is 11.5 Å². The van der Waals surface area contributed by atoms with Gasteiger partial charge in [0.05, 0.1) is 19.9 Å². The molecule has 98 valence electrons. The van der Waals surface area contributed by atoms with Crippen molar-refractivity contribution in [2.75, 3.05) is 26.2 Å². The number of aryl methyl sites for hydroxylation is 1. The standard InChI is InChI=1S/C12H16N2O4/c1-7-5-9(17-3)10(18-4)6-8(7)14(2)12(16)11(13)15/h5-6H,1-4H3,(H2,13,15). The molecule has 1 aromatic rings. The molecular weight excluding hydrogens is 236 g/mol. The van der Waals surface area contributed by atoms with Gasteiger partial charge in [0.2, 0.25) is 0 Å². The second kappa shape index (κ2) is 5.39. The Bertz CT molecular complexity index is 485. The van der Waals surface area contributed by atoms with E-state index in [0.717, 1.165) is 5.56 Å². The molecule has 0 unspecified atom stereocenters. The third kappa shape index (κ3) is 2.53. The molecule has 0 atom stereocenters. The maximum atomic E-state index is 11.5. The van der Waals surface area contributed by atoms with E-state index in [0.29, 0.717) is 17.2 Å². The van der Waals surface area contributed by atoms with Crippen LogP contribution >= 0.6 is 0 Å². The normalized spacial score (nSPS) is 9.78. The van der Waals surface area contributed by atoms with E-state index in [1.165, 1.54) is 26.2 Å². The Hall–Kier alpha value is -2.24. The first kappa shape index (κ1) is 13.8. The van der Waals surface area contributed by atoms with Crippen LogP contribution in [0.1, 0.15) is 5.56 Å². The van der Waals surface area contributed by atoms with Crippen LogP contribution in [-0.4, -0.2) is 33.1 Å². The van der Waals surface area contributed by atoms with Crippen LogP contribution in [0.25, 0.3) is 0 Å². The van der Waals surface area contributed by atoms with Gasteiger partial charge in [0.1, 0.15) is 0 Å². The number of carbonyl (C=O) groups excluding carboxylic acids is 2. The van der Waals surface area contributed by atoms with Crippen molar-refractivity contribution in [1.82, 2.24) is 0 Å². The summed E-state index contributed by atoms with van der Waals surface area (Å²) in [4.78, 5) is 23.6. The van der Waals surface area contributed by atoms with Crippen molar-refractivity contribution in [2.45, 2.75) is 6.92 Å². The Morgan fingerprint density at radius 1 is 1.17 bits per heavy atom. The van der Waals surface area contributed by atoms with Crippen molar-refractivity contribution in [3.8, 4) is 11.5 Å². The second-order valence-corrected chi connectivity index (χ2v) is 3.72. The van der Waals surface area contributed by atoms with Crippen LogP contribution in [0.4, 0.5) is 5.69 Å². The average molecular weight is 252 g/mol. The Balaban J connectivity index is 3.25. The van der Waals surface area contributed by atoms with E-state index in [-0.39, 0.29) is 0 Å².